The Morgan fingerprint density at radius 2 is 1.94 bits per heavy atom. The number of carbonyl (C=O) groups excluding carboxylic acids is 1. The first kappa shape index (κ1) is 12.2. The SMILES string of the molecule is Nc1cc(C(=O)c2c[nH]c(C(=O)O)c2)ccc1Cl. The van der Waals surface area contributed by atoms with Crippen LogP contribution in [0.3, 0.4) is 0 Å². The second-order valence-electron chi connectivity index (χ2n) is 3.67. The molecular weight excluding hydrogens is 256 g/mol. The number of hydrogen-bond donors (Lipinski definition) is 3. The summed E-state index contributed by atoms with van der Waals surface area (Å²) in [7, 11) is 0. The van der Waals surface area contributed by atoms with Gasteiger partial charge in [-0.1, -0.05) is 11.6 Å². The van der Waals surface area contributed by atoms with Crippen LogP contribution in [0.1, 0.15) is 26.4 Å². The molecule has 1 heterocycles. The van der Waals surface area contributed by atoms with E-state index in [0.29, 0.717) is 16.3 Å². The van der Waals surface area contributed by atoms with Crippen LogP contribution in [0.15, 0.2) is 30.5 Å². The largest absolute Gasteiger partial charge is 0.477 e. The van der Waals surface area contributed by atoms with Crippen molar-refractivity contribution in [2.75, 3.05) is 5.73 Å². The Hall–Kier alpha value is -2.27. The van der Waals surface area contributed by atoms with Crippen molar-refractivity contribution in [1.82, 2.24) is 4.98 Å². The smallest absolute Gasteiger partial charge is 0.352 e. The fourth-order valence-electron chi connectivity index (χ4n) is 1.50. The fraction of sp³-hybridized carbons (Fsp3) is 0. The number of carbonyl (C=O) groups is 2. The van der Waals surface area contributed by atoms with Gasteiger partial charge < -0.3 is 15.8 Å². The number of anilines is 1. The topological polar surface area (TPSA) is 96.2 Å². The Balaban J connectivity index is 2.35. The maximum Gasteiger partial charge on any atom is 0.352 e. The summed E-state index contributed by atoms with van der Waals surface area (Å²) in [5, 5.41) is 9.12. The summed E-state index contributed by atoms with van der Waals surface area (Å²) in [6.45, 7) is 0. The van der Waals surface area contributed by atoms with Crippen molar-refractivity contribution in [2.24, 2.45) is 0 Å². The minimum Gasteiger partial charge on any atom is -0.477 e. The van der Waals surface area contributed by atoms with Gasteiger partial charge in [0.05, 0.1) is 10.7 Å². The van der Waals surface area contributed by atoms with Crippen LogP contribution >= 0.6 is 11.6 Å². The fourth-order valence-corrected chi connectivity index (χ4v) is 1.62. The van der Waals surface area contributed by atoms with E-state index in [1.165, 1.54) is 30.5 Å². The number of nitrogens with two attached hydrogens (primary N) is 1. The first-order valence-corrected chi connectivity index (χ1v) is 5.38. The van der Waals surface area contributed by atoms with Crippen LogP contribution in [0, 0.1) is 0 Å². The number of carboxylic acid groups (broad SMARTS) is 1. The number of nitrogens with one attached hydrogen (secondary N) is 1. The number of aromatic amines is 1. The summed E-state index contributed by atoms with van der Waals surface area (Å²) in [6.07, 6.45) is 1.34. The van der Waals surface area contributed by atoms with E-state index in [1.807, 2.05) is 0 Å². The van der Waals surface area contributed by atoms with Crippen LogP contribution in [-0.4, -0.2) is 21.8 Å². The minimum absolute atomic E-state index is 0.0414. The van der Waals surface area contributed by atoms with E-state index in [9.17, 15) is 9.59 Å². The number of ketones is 1. The zero-order valence-corrected chi connectivity index (χ0v) is 9.86. The highest BCUT2D eigenvalue weighted by molar-refractivity contribution is 6.33. The van der Waals surface area contributed by atoms with Gasteiger partial charge in [-0.05, 0) is 24.3 Å². The van der Waals surface area contributed by atoms with Crippen LogP contribution in [0.4, 0.5) is 5.69 Å². The molecule has 0 aliphatic carbocycles. The van der Waals surface area contributed by atoms with Crippen LogP contribution < -0.4 is 5.73 Å². The maximum atomic E-state index is 12.0. The van der Waals surface area contributed by atoms with E-state index in [0.717, 1.165) is 0 Å². The molecule has 18 heavy (non-hydrogen) atoms. The quantitative estimate of drug-likeness (QED) is 0.585. The third-order valence-electron chi connectivity index (χ3n) is 2.43. The predicted molar refractivity (Wildman–Crippen MR) is 67.0 cm³/mol. The second-order valence-corrected chi connectivity index (χ2v) is 4.08. The predicted octanol–water partition coefficient (Wildman–Crippen LogP) is 2.18. The highest BCUT2D eigenvalue weighted by Crippen LogP contribution is 2.21. The lowest BCUT2D eigenvalue weighted by molar-refractivity contribution is 0.0691. The molecule has 2 aromatic rings. The molecule has 0 unspecified atom stereocenters. The molecule has 0 atom stereocenters. The van der Waals surface area contributed by atoms with E-state index >= 15 is 0 Å². The van der Waals surface area contributed by atoms with Crippen molar-refractivity contribution in [2.45, 2.75) is 0 Å². The molecule has 2 rings (SSSR count). The lowest BCUT2D eigenvalue weighted by Gasteiger charge is -2.01. The van der Waals surface area contributed by atoms with E-state index < -0.39 is 5.97 Å². The van der Waals surface area contributed by atoms with Crippen LogP contribution in [0.25, 0.3) is 0 Å². The number of H-pyrrole nitrogens is 1. The zero-order valence-electron chi connectivity index (χ0n) is 9.11. The Morgan fingerprint density at radius 3 is 2.50 bits per heavy atom. The van der Waals surface area contributed by atoms with Gasteiger partial charge in [-0.3, -0.25) is 4.79 Å². The molecule has 0 amide bonds. The van der Waals surface area contributed by atoms with Crippen molar-refractivity contribution in [3.63, 3.8) is 0 Å². The first-order valence-electron chi connectivity index (χ1n) is 5.00. The van der Waals surface area contributed by atoms with Gasteiger partial charge in [0, 0.05) is 17.3 Å². The number of benzene rings is 1. The van der Waals surface area contributed by atoms with Crippen molar-refractivity contribution >= 4 is 29.0 Å². The molecule has 1 aromatic heterocycles. The summed E-state index contributed by atoms with van der Waals surface area (Å²) >= 11 is 5.76. The molecule has 1 aromatic carbocycles. The third kappa shape index (κ3) is 2.21. The van der Waals surface area contributed by atoms with Gasteiger partial charge in [0.25, 0.3) is 0 Å². The zero-order chi connectivity index (χ0) is 13.3. The van der Waals surface area contributed by atoms with Gasteiger partial charge in [-0.2, -0.15) is 0 Å². The monoisotopic (exact) mass is 264 g/mol. The first-order chi connectivity index (χ1) is 8.49. The molecule has 5 nitrogen and oxygen atoms in total. The Kier molecular flexibility index (Phi) is 3.08. The van der Waals surface area contributed by atoms with E-state index in [-0.39, 0.29) is 17.0 Å². The molecule has 92 valence electrons. The second kappa shape index (κ2) is 4.54. The summed E-state index contributed by atoms with van der Waals surface area (Å²) < 4.78 is 0. The summed E-state index contributed by atoms with van der Waals surface area (Å²) in [5.41, 5.74) is 6.48. The highest BCUT2D eigenvalue weighted by Gasteiger charge is 2.14. The van der Waals surface area contributed by atoms with Crippen molar-refractivity contribution in [3.05, 3.63) is 52.3 Å². The number of aromatic nitrogens is 1. The molecule has 0 fully saturated rings. The Morgan fingerprint density at radius 1 is 1.22 bits per heavy atom. The molecule has 0 bridgehead atoms. The van der Waals surface area contributed by atoms with Gasteiger partial charge in [-0.25, -0.2) is 4.79 Å². The lowest BCUT2D eigenvalue weighted by Crippen LogP contribution is -2.01. The van der Waals surface area contributed by atoms with E-state index in [1.54, 1.807) is 0 Å². The van der Waals surface area contributed by atoms with Crippen molar-refractivity contribution in [3.8, 4) is 0 Å². The average Bonchev–Trinajstić information content (AvgIpc) is 2.81. The maximum absolute atomic E-state index is 12.0. The van der Waals surface area contributed by atoms with Crippen LogP contribution in [0.2, 0.25) is 5.02 Å². The highest BCUT2D eigenvalue weighted by atomic mass is 35.5. The van der Waals surface area contributed by atoms with Gasteiger partial charge in [-0.15, -0.1) is 0 Å². The van der Waals surface area contributed by atoms with Gasteiger partial charge in [0.2, 0.25) is 0 Å². The van der Waals surface area contributed by atoms with Crippen molar-refractivity contribution in [1.29, 1.82) is 0 Å². The summed E-state index contributed by atoms with van der Waals surface area (Å²) in [6, 6.07) is 5.79. The molecular formula is C12H9ClN2O3. The molecule has 0 aliphatic heterocycles. The number of hydrogen-bond acceptors (Lipinski definition) is 3. The third-order valence-corrected chi connectivity index (χ3v) is 2.78. The summed E-state index contributed by atoms with van der Waals surface area (Å²) in [4.78, 5) is 25.2. The van der Waals surface area contributed by atoms with Gasteiger partial charge in [0.1, 0.15) is 5.69 Å². The van der Waals surface area contributed by atoms with Gasteiger partial charge >= 0.3 is 5.97 Å². The average molecular weight is 265 g/mol. The normalized spacial score (nSPS) is 10.3. The Bertz CT molecular complexity index is 634. The van der Waals surface area contributed by atoms with Crippen LogP contribution in [-0.2, 0) is 0 Å². The van der Waals surface area contributed by atoms with Gasteiger partial charge in [0.15, 0.2) is 5.78 Å². The Labute approximate surface area is 107 Å². The molecule has 0 radical (unpaired) electrons. The van der Waals surface area contributed by atoms with E-state index in [4.69, 9.17) is 22.4 Å². The van der Waals surface area contributed by atoms with Crippen LogP contribution in [0.5, 0.6) is 0 Å². The molecule has 4 N–H and O–H groups in total. The molecule has 0 aliphatic rings. The number of rotatable bonds is 3. The minimum atomic E-state index is -1.12. The standard InChI is InChI=1S/C12H9ClN2O3/c13-8-2-1-6(3-9(8)14)11(16)7-4-10(12(17)18)15-5-7/h1-5,15H,14H2,(H,17,18). The number of nitrogen functional groups attached to an aromatic ring is 1. The molecule has 0 saturated carbocycles. The summed E-state index contributed by atoms with van der Waals surface area (Å²) in [5.74, 6) is -1.44. The molecule has 0 saturated heterocycles. The number of aromatic carboxylic acids is 1. The number of carboxylic acids is 1. The number of halogens is 1. The molecule has 6 heteroatoms. The van der Waals surface area contributed by atoms with Crippen molar-refractivity contribution < 1.29 is 14.7 Å². The lowest BCUT2D eigenvalue weighted by atomic mass is 10.1. The molecule has 0 spiro atoms. The van der Waals surface area contributed by atoms with E-state index in [2.05, 4.69) is 4.98 Å².